The van der Waals surface area contributed by atoms with Crippen molar-refractivity contribution in [2.45, 2.75) is 6.92 Å². The molecule has 0 aromatic carbocycles. The number of halogens is 1. The van der Waals surface area contributed by atoms with Crippen molar-refractivity contribution in [3.8, 4) is 0 Å². The van der Waals surface area contributed by atoms with Crippen molar-refractivity contribution in [3.05, 3.63) is 17.0 Å². The van der Waals surface area contributed by atoms with Crippen molar-refractivity contribution in [1.29, 1.82) is 0 Å². The zero-order chi connectivity index (χ0) is 11.8. The van der Waals surface area contributed by atoms with E-state index in [9.17, 15) is 0 Å². The van der Waals surface area contributed by atoms with Crippen molar-refractivity contribution in [2.24, 2.45) is 0 Å². The Kier molecular flexibility index (Phi) is 2.60. The van der Waals surface area contributed by atoms with Crippen molar-refractivity contribution >= 4 is 23.2 Å². The van der Waals surface area contributed by atoms with E-state index >= 15 is 0 Å². The highest BCUT2D eigenvalue weighted by Crippen LogP contribution is 2.25. The fourth-order valence-corrected chi connectivity index (χ4v) is 2.29. The molecule has 0 spiro atoms. The van der Waals surface area contributed by atoms with E-state index < -0.39 is 0 Å². The van der Waals surface area contributed by atoms with Gasteiger partial charge >= 0.3 is 0 Å². The summed E-state index contributed by atoms with van der Waals surface area (Å²) in [5.74, 6) is 1.55. The van der Waals surface area contributed by atoms with E-state index in [0.29, 0.717) is 10.9 Å². The first-order valence-corrected chi connectivity index (χ1v) is 5.96. The number of anilines is 1. The summed E-state index contributed by atoms with van der Waals surface area (Å²) < 4.78 is 1.76. The summed E-state index contributed by atoms with van der Waals surface area (Å²) in [6.45, 7) is 5.78. The van der Waals surface area contributed by atoms with Crippen LogP contribution in [0.3, 0.4) is 0 Å². The Balaban J connectivity index is 2.18. The van der Waals surface area contributed by atoms with Gasteiger partial charge in [-0.15, -0.1) is 0 Å². The highest BCUT2D eigenvalue weighted by Gasteiger charge is 2.19. The Bertz CT molecular complexity index is 545. The second kappa shape index (κ2) is 4.12. The molecule has 0 bridgehead atoms. The number of nitrogens with one attached hydrogen (secondary N) is 1. The van der Waals surface area contributed by atoms with Crippen LogP contribution in [0.4, 0.5) is 5.82 Å². The summed E-state index contributed by atoms with van der Waals surface area (Å²) in [5, 5.41) is 8.04. The lowest BCUT2D eigenvalue weighted by Crippen LogP contribution is -2.44. The van der Waals surface area contributed by atoms with Gasteiger partial charge in [0, 0.05) is 31.7 Å². The first-order valence-electron chi connectivity index (χ1n) is 5.59. The SMILES string of the molecule is Cc1c(Cl)nc2ncnn2c1N1CCNCC1. The van der Waals surface area contributed by atoms with Crippen molar-refractivity contribution in [2.75, 3.05) is 31.1 Å². The van der Waals surface area contributed by atoms with E-state index in [-0.39, 0.29) is 0 Å². The van der Waals surface area contributed by atoms with E-state index in [0.717, 1.165) is 37.6 Å². The molecule has 1 saturated heterocycles. The minimum absolute atomic E-state index is 0.499. The van der Waals surface area contributed by atoms with Gasteiger partial charge in [-0.25, -0.2) is 0 Å². The van der Waals surface area contributed by atoms with Gasteiger partial charge < -0.3 is 10.2 Å². The van der Waals surface area contributed by atoms with Gasteiger partial charge in [0.25, 0.3) is 5.78 Å². The lowest BCUT2D eigenvalue weighted by molar-refractivity contribution is 0.578. The van der Waals surface area contributed by atoms with Crippen LogP contribution in [0.5, 0.6) is 0 Å². The van der Waals surface area contributed by atoms with Crippen molar-refractivity contribution < 1.29 is 0 Å². The number of rotatable bonds is 1. The molecule has 1 aliphatic rings. The Morgan fingerprint density at radius 1 is 1.35 bits per heavy atom. The summed E-state index contributed by atoms with van der Waals surface area (Å²) in [4.78, 5) is 10.6. The molecular formula is C10H13ClN6. The van der Waals surface area contributed by atoms with E-state index in [1.54, 1.807) is 4.52 Å². The van der Waals surface area contributed by atoms with E-state index in [4.69, 9.17) is 11.6 Å². The van der Waals surface area contributed by atoms with Crippen LogP contribution in [0, 0.1) is 6.92 Å². The molecule has 0 aliphatic carbocycles. The number of hydrogen-bond acceptors (Lipinski definition) is 5. The molecule has 3 heterocycles. The summed E-state index contributed by atoms with van der Waals surface area (Å²) in [5.41, 5.74) is 0.951. The summed E-state index contributed by atoms with van der Waals surface area (Å²) in [6.07, 6.45) is 1.50. The van der Waals surface area contributed by atoms with Crippen LogP contribution in [0.15, 0.2) is 6.33 Å². The van der Waals surface area contributed by atoms with Gasteiger partial charge in [-0.1, -0.05) is 11.6 Å². The van der Waals surface area contributed by atoms with Crippen molar-refractivity contribution in [3.63, 3.8) is 0 Å². The topological polar surface area (TPSA) is 58.4 Å². The fourth-order valence-electron chi connectivity index (χ4n) is 2.13. The third-order valence-corrected chi connectivity index (χ3v) is 3.36. The zero-order valence-electron chi connectivity index (χ0n) is 9.52. The molecule has 0 radical (unpaired) electrons. The largest absolute Gasteiger partial charge is 0.354 e. The Hall–Kier alpha value is -1.40. The van der Waals surface area contributed by atoms with Gasteiger partial charge in [0.2, 0.25) is 0 Å². The first-order chi connectivity index (χ1) is 8.27. The van der Waals surface area contributed by atoms with Gasteiger partial charge in [-0.3, -0.25) is 0 Å². The molecule has 1 aliphatic heterocycles. The monoisotopic (exact) mass is 252 g/mol. The second-order valence-electron chi connectivity index (χ2n) is 4.06. The number of fused-ring (bicyclic) bond motifs is 1. The zero-order valence-corrected chi connectivity index (χ0v) is 10.3. The highest BCUT2D eigenvalue weighted by molar-refractivity contribution is 6.30. The molecule has 0 unspecified atom stereocenters. The third-order valence-electron chi connectivity index (χ3n) is 2.99. The molecule has 17 heavy (non-hydrogen) atoms. The fraction of sp³-hybridized carbons (Fsp3) is 0.500. The molecule has 6 nitrogen and oxygen atoms in total. The van der Waals surface area contributed by atoms with Gasteiger partial charge in [0.1, 0.15) is 17.3 Å². The molecule has 0 atom stereocenters. The van der Waals surface area contributed by atoms with Gasteiger partial charge in [-0.05, 0) is 6.92 Å². The smallest absolute Gasteiger partial charge is 0.255 e. The molecule has 0 amide bonds. The normalized spacial score (nSPS) is 16.7. The molecule has 3 rings (SSSR count). The maximum Gasteiger partial charge on any atom is 0.255 e. The van der Waals surface area contributed by atoms with E-state index in [2.05, 4.69) is 25.3 Å². The van der Waals surface area contributed by atoms with Crippen LogP contribution in [0.1, 0.15) is 5.56 Å². The Morgan fingerprint density at radius 3 is 2.88 bits per heavy atom. The van der Waals surface area contributed by atoms with Gasteiger partial charge in [0.15, 0.2) is 0 Å². The number of nitrogens with zero attached hydrogens (tertiary/aromatic N) is 5. The molecule has 2 aromatic rings. The lowest BCUT2D eigenvalue weighted by atomic mass is 10.3. The number of aromatic nitrogens is 4. The average Bonchev–Trinajstić information content (AvgIpc) is 2.79. The molecule has 7 heteroatoms. The van der Waals surface area contributed by atoms with Crippen LogP contribution in [-0.2, 0) is 0 Å². The molecule has 0 saturated carbocycles. The van der Waals surface area contributed by atoms with Crippen LogP contribution in [0.2, 0.25) is 5.15 Å². The quantitative estimate of drug-likeness (QED) is 0.749. The standard InChI is InChI=1S/C10H13ClN6/c1-7-8(11)15-10-13-6-14-17(10)9(7)16-4-2-12-3-5-16/h6,12H,2-5H2,1H3. The highest BCUT2D eigenvalue weighted by atomic mass is 35.5. The molecule has 1 N–H and O–H groups in total. The number of hydrogen-bond donors (Lipinski definition) is 1. The minimum atomic E-state index is 0.499. The lowest BCUT2D eigenvalue weighted by Gasteiger charge is -2.30. The van der Waals surface area contributed by atoms with Crippen LogP contribution < -0.4 is 10.2 Å². The summed E-state index contributed by atoms with van der Waals surface area (Å²) in [6, 6.07) is 0. The van der Waals surface area contributed by atoms with Crippen LogP contribution in [-0.4, -0.2) is 45.8 Å². The van der Waals surface area contributed by atoms with Gasteiger partial charge in [0.05, 0.1) is 0 Å². The van der Waals surface area contributed by atoms with Gasteiger partial charge in [-0.2, -0.15) is 19.6 Å². The third kappa shape index (κ3) is 1.73. The Morgan fingerprint density at radius 2 is 2.12 bits per heavy atom. The van der Waals surface area contributed by atoms with Crippen molar-refractivity contribution in [1.82, 2.24) is 24.9 Å². The predicted octanol–water partition coefficient (Wildman–Crippen LogP) is 0.496. The number of piperazine rings is 1. The first kappa shape index (κ1) is 10.7. The van der Waals surface area contributed by atoms with E-state index in [1.165, 1.54) is 6.33 Å². The van der Waals surface area contributed by atoms with E-state index in [1.807, 2.05) is 6.92 Å². The predicted molar refractivity (Wildman–Crippen MR) is 65.6 cm³/mol. The van der Waals surface area contributed by atoms with Crippen LogP contribution >= 0.6 is 11.6 Å². The summed E-state index contributed by atoms with van der Waals surface area (Å²) in [7, 11) is 0. The maximum absolute atomic E-state index is 6.13. The molecule has 1 fully saturated rings. The van der Waals surface area contributed by atoms with Crippen LogP contribution in [0.25, 0.3) is 5.78 Å². The molecular weight excluding hydrogens is 240 g/mol. The molecule has 90 valence electrons. The minimum Gasteiger partial charge on any atom is -0.354 e. The summed E-state index contributed by atoms with van der Waals surface area (Å²) >= 11 is 6.13. The Labute approximate surface area is 104 Å². The maximum atomic E-state index is 6.13. The molecule has 2 aromatic heterocycles. The average molecular weight is 253 g/mol. The second-order valence-corrected chi connectivity index (χ2v) is 4.42.